The quantitative estimate of drug-likeness (QED) is 0.375. The molecule has 0 amide bonds. The Kier molecular flexibility index (Phi) is 6.89. The number of ether oxygens (including phenoxy) is 2. The molecule has 0 aromatic carbocycles. The van der Waals surface area contributed by atoms with Gasteiger partial charge in [-0.2, -0.15) is 0 Å². The van der Waals surface area contributed by atoms with E-state index in [-0.39, 0.29) is 17.4 Å². The van der Waals surface area contributed by atoms with Crippen LogP contribution in [0.15, 0.2) is 34.7 Å². The molecule has 2 heterocycles. The summed E-state index contributed by atoms with van der Waals surface area (Å²) in [6.07, 6.45) is 15.9. The summed E-state index contributed by atoms with van der Waals surface area (Å²) in [5, 5.41) is 24.3. The number of allylic oxidation sites excluding steroid dienone is 1. The molecular weight excluding hydrogens is 466 g/mol. The Morgan fingerprint density at radius 3 is 2.59 bits per heavy atom. The van der Waals surface area contributed by atoms with Gasteiger partial charge in [0.25, 0.3) is 0 Å². The molecule has 6 rings (SSSR count). The second-order valence-corrected chi connectivity index (χ2v) is 13.1. The Hall–Kier alpha value is -1.18. The van der Waals surface area contributed by atoms with Gasteiger partial charge in [-0.3, -0.25) is 0 Å². The summed E-state index contributed by atoms with van der Waals surface area (Å²) in [6, 6.07) is 1.88. The second kappa shape index (κ2) is 9.78. The number of nitrogens with zero attached hydrogens (tertiary/aromatic N) is 1. The van der Waals surface area contributed by atoms with Crippen LogP contribution in [0.2, 0.25) is 0 Å². The zero-order chi connectivity index (χ0) is 25.7. The van der Waals surface area contributed by atoms with Crippen molar-refractivity contribution < 1.29 is 24.1 Å². The number of fused-ring (bicyclic) bond motifs is 5. The number of rotatable bonds is 8. The second-order valence-electron chi connectivity index (χ2n) is 13.1. The first-order valence-corrected chi connectivity index (χ1v) is 14.9. The fourth-order valence-electron chi connectivity index (χ4n) is 9.34. The van der Waals surface area contributed by atoms with Crippen molar-refractivity contribution in [3.63, 3.8) is 0 Å². The molecule has 7 atom stereocenters. The third kappa shape index (κ3) is 4.09. The van der Waals surface area contributed by atoms with Crippen LogP contribution in [0.5, 0.6) is 0 Å². The van der Waals surface area contributed by atoms with Crippen LogP contribution in [0.1, 0.15) is 83.6 Å². The third-order valence-corrected chi connectivity index (χ3v) is 11.7. The first kappa shape index (κ1) is 26.1. The fourth-order valence-corrected chi connectivity index (χ4v) is 9.34. The molecule has 4 fully saturated rings. The third-order valence-electron chi connectivity index (χ3n) is 11.7. The molecule has 5 aliphatic rings. The molecule has 0 radical (unpaired) electrons. The normalized spacial score (nSPS) is 43.8. The minimum atomic E-state index is -1.03. The molecule has 3 saturated carbocycles. The molecule has 206 valence electrons. The first-order chi connectivity index (χ1) is 17.8. The van der Waals surface area contributed by atoms with Crippen LogP contribution in [0.4, 0.5) is 0 Å². The molecule has 1 aliphatic heterocycles. The highest BCUT2D eigenvalue weighted by Gasteiger charge is 2.71. The molecule has 1 saturated heterocycles. The first-order valence-electron chi connectivity index (χ1n) is 14.9. The molecule has 1 aromatic rings. The van der Waals surface area contributed by atoms with E-state index in [4.69, 9.17) is 13.9 Å². The summed E-state index contributed by atoms with van der Waals surface area (Å²) in [5.74, 6) is 0.669. The van der Waals surface area contributed by atoms with Gasteiger partial charge in [-0.25, -0.2) is 0 Å². The SMILES string of the molecule is C[C@]12CCC(OCCOCCN3CCCC3)C=C1CC[C@@H]1[C@H]2CC[C@]2(C)C(O)(c3ccoc3)CC[C@@]12O. The van der Waals surface area contributed by atoms with E-state index in [2.05, 4.69) is 24.8 Å². The number of aliphatic hydroxyl groups is 2. The average molecular weight is 514 g/mol. The Balaban J connectivity index is 1.09. The van der Waals surface area contributed by atoms with Crippen LogP contribution in [-0.4, -0.2) is 66.3 Å². The summed E-state index contributed by atoms with van der Waals surface area (Å²) in [6.45, 7) is 10.2. The van der Waals surface area contributed by atoms with Crippen molar-refractivity contribution in [1.82, 2.24) is 4.90 Å². The van der Waals surface area contributed by atoms with E-state index in [1.54, 1.807) is 12.5 Å². The highest BCUT2D eigenvalue weighted by Crippen LogP contribution is 2.71. The smallest absolute Gasteiger partial charge is 0.101 e. The van der Waals surface area contributed by atoms with Crippen molar-refractivity contribution in [2.45, 2.75) is 95.4 Å². The largest absolute Gasteiger partial charge is 0.472 e. The van der Waals surface area contributed by atoms with E-state index >= 15 is 0 Å². The molecule has 4 aliphatic carbocycles. The lowest BCUT2D eigenvalue weighted by atomic mass is 9.44. The predicted molar refractivity (Wildman–Crippen MR) is 142 cm³/mol. The van der Waals surface area contributed by atoms with Gasteiger partial charge >= 0.3 is 0 Å². The molecule has 0 bridgehead atoms. The summed E-state index contributed by atoms with van der Waals surface area (Å²) in [4.78, 5) is 2.48. The zero-order valence-electron chi connectivity index (χ0n) is 22.9. The lowest BCUT2D eigenvalue weighted by molar-refractivity contribution is -0.222. The summed E-state index contributed by atoms with van der Waals surface area (Å²) in [5.41, 5.74) is 0.0368. The molecular formula is C31H47NO5. The van der Waals surface area contributed by atoms with Gasteiger partial charge in [-0.05, 0) is 101 Å². The van der Waals surface area contributed by atoms with Crippen LogP contribution in [-0.2, 0) is 15.1 Å². The van der Waals surface area contributed by atoms with E-state index in [9.17, 15) is 10.2 Å². The van der Waals surface area contributed by atoms with Gasteiger partial charge in [0.15, 0.2) is 0 Å². The number of hydrogen-bond acceptors (Lipinski definition) is 6. The van der Waals surface area contributed by atoms with Crippen LogP contribution in [0.25, 0.3) is 0 Å². The Bertz CT molecular complexity index is 972. The summed E-state index contributed by atoms with van der Waals surface area (Å²) >= 11 is 0. The highest BCUT2D eigenvalue weighted by atomic mass is 16.5. The van der Waals surface area contributed by atoms with E-state index in [1.165, 1.54) is 31.5 Å². The van der Waals surface area contributed by atoms with Gasteiger partial charge in [0, 0.05) is 17.5 Å². The van der Waals surface area contributed by atoms with E-state index in [0.29, 0.717) is 32.0 Å². The molecule has 0 spiro atoms. The highest BCUT2D eigenvalue weighted by molar-refractivity contribution is 5.33. The summed E-state index contributed by atoms with van der Waals surface area (Å²) in [7, 11) is 0. The molecule has 37 heavy (non-hydrogen) atoms. The van der Waals surface area contributed by atoms with Crippen molar-refractivity contribution in [3.8, 4) is 0 Å². The molecule has 6 nitrogen and oxygen atoms in total. The van der Waals surface area contributed by atoms with Gasteiger partial charge in [0.1, 0.15) is 5.60 Å². The average Bonchev–Trinajstić information content (AvgIpc) is 3.65. The maximum absolute atomic E-state index is 12.4. The predicted octanol–water partition coefficient (Wildman–Crippen LogP) is 5.04. The van der Waals surface area contributed by atoms with E-state index in [1.807, 2.05) is 6.07 Å². The van der Waals surface area contributed by atoms with Crippen LogP contribution in [0.3, 0.4) is 0 Å². The lowest BCUT2D eigenvalue weighted by Crippen LogP contribution is -2.63. The topological polar surface area (TPSA) is 75.3 Å². The standard InChI is InChI=1S/C31H47NO5/c1-28-10-7-25(37-20-19-35-18-16-32-14-3-4-15-32)21-23(28)5-6-27-26(28)8-11-29(2)30(33,12-13-31(27,29)34)24-9-17-36-22-24/h9,17,21-22,25-27,33-34H,3-8,10-16,18-20H2,1-2H3/t25?,26-,27-,28+,29-,30?,31-/m1/s1. The minimum Gasteiger partial charge on any atom is -0.472 e. The van der Waals surface area contributed by atoms with E-state index < -0.39 is 16.6 Å². The number of furan rings is 1. The van der Waals surface area contributed by atoms with Crippen molar-refractivity contribution >= 4 is 0 Å². The minimum absolute atomic E-state index is 0.114. The van der Waals surface area contributed by atoms with Crippen LogP contribution >= 0.6 is 0 Å². The lowest BCUT2D eigenvalue weighted by Gasteiger charge is -2.62. The van der Waals surface area contributed by atoms with Crippen molar-refractivity contribution in [1.29, 1.82) is 0 Å². The summed E-state index contributed by atoms with van der Waals surface area (Å²) < 4.78 is 17.4. The van der Waals surface area contributed by atoms with Crippen LogP contribution in [0, 0.1) is 22.7 Å². The van der Waals surface area contributed by atoms with Gasteiger partial charge in [0.05, 0.1) is 44.1 Å². The van der Waals surface area contributed by atoms with Crippen molar-refractivity contribution in [2.75, 3.05) is 39.5 Å². The monoisotopic (exact) mass is 513 g/mol. The van der Waals surface area contributed by atoms with Crippen molar-refractivity contribution in [3.05, 3.63) is 35.8 Å². The molecule has 1 aromatic heterocycles. The maximum Gasteiger partial charge on any atom is 0.101 e. The maximum atomic E-state index is 12.4. The van der Waals surface area contributed by atoms with Crippen LogP contribution < -0.4 is 0 Å². The number of likely N-dealkylation sites (tertiary alicyclic amines) is 1. The zero-order valence-corrected chi connectivity index (χ0v) is 22.9. The van der Waals surface area contributed by atoms with Gasteiger partial charge in [0.2, 0.25) is 0 Å². The Labute approximate surface area is 222 Å². The number of hydrogen-bond donors (Lipinski definition) is 2. The van der Waals surface area contributed by atoms with E-state index in [0.717, 1.165) is 57.2 Å². The van der Waals surface area contributed by atoms with Crippen molar-refractivity contribution in [2.24, 2.45) is 22.7 Å². The van der Waals surface area contributed by atoms with Gasteiger partial charge in [-0.15, -0.1) is 0 Å². The fraction of sp³-hybridized carbons (Fsp3) is 0.806. The Morgan fingerprint density at radius 1 is 0.973 bits per heavy atom. The van der Waals surface area contributed by atoms with Gasteiger partial charge < -0.3 is 29.0 Å². The van der Waals surface area contributed by atoms with Gasteiger partial charge in [-0.1, -0.05) is 25.5 Å². The molecule has 2 unspecified atom stereocenters. The molecule has 6 heteroatoms. The Morgan fingerprint density at radius 2 is 1.81 bits per heavy atom. The molecule has 2 N–H and O–H groups in total.